The standard InChI is InChI=1S/C11H19N3O3S/c1-8-11(6-12-17-3)9(2)14(13-8)10-4-5-18(15,16)7-10/h10,12H,4-7H2,1-3H3. The Morgan fingerprint density at radius 1 is 1.50 bits per heavy atom. The highest BCUT2D eigenvalue weighted by Gasteiger charge is 2.31. The molecule has 1 aliphatic heterocycles. The summed E-state index contributed by atoms with van der Waals surface area (Å²) in [6.07, 6.45) is 0.654. The Morgan fingerprint density at radius 3 is 2.78 bits per heavy atom. The minimum Gasteiger partial charge on any atom is -0.305 e. The van der Waals surface area contributed by atoms with Crippen molar-refractivity contribution in [2.45, 2.75) is 32.9 Å². The third kappa shape index (κ3) is 2.57. The molecule has 1 atom stereocenters. The molecule has 0 spiro atoms. The van der Waals surface area contributed by atoms with Gasteiger partial charge in [0.05, 0.1) is 30.4 Å². The van der Waals surface area contributed by atoms with E-state index in [0.717, 1.165) is 17.0 Å². The van der Waals surface area contributed by atoms with Crippen molar-refractivity contribution < 1.29 is 13.3 Å². The molecule has 0 bridgehead atoms. The van der Waals surface area contributed by atoms with Gasteiger partial charge in [0.1, 0.15) is 0 Å². The van der Waals surface area contributed by atoms with Gasteiger partial charge in [0.15, 0.2) is 9.84 Å². The SMILES string of the molecule is CONCc1c(C)nn(C2CCS(=O)(=O)C2)c1C. The van der Waals surface area contributed by atoms with Gasteiger partial charge in [-0.25, -0.2) is 8.42 Å². The van der Waals surface area contributed by atoms with Crippen LogP contribution >= 0.6 is 0 Å². The average molecular weight is 273 g/mol. The predicted octanol–water partition coefficient (Wildman–Crippen LogP) is 0.511. The van der Waals surface area contributed by atoms with E-state index in [9.17, 15) is 8.42 Å². The van der Waals surface area contributed by atoms with E-state index < -0.39 is 9.84 Å². The first-order valence-corrected chi connectivity index (χ1v) is 7.77. The Balaban J connectivity index is 2.25. The van der Waals surface area contributed by atoms with Gasteiger partial charge in [0, 0.05) is 17.8 Å². The average Bonchev–Trinajstić information content (AvgIpc) is 2.78. The highest BCUT2D eigenvalue weighted by atomic mass is 32.2. The molecule has 102 valence electrons. The zero-order valence-electron chi connectivity index (χ0n) is 10.9. The lowest BCUT2D eigenvalue weighted by Gasteiger charge is -2.11. The zero-order valence-corrected chi connectivity index (χ0v) is 11.7. The van der Waals surface area contributed by atoms with E-state index in [1.807, 2.05) is 18.5 Å². The van der Waals surface area contributed by atoms with Crippen molar-refractivity contribution in [1.29, 1.82) is 0 Å². The number of hydrogen-bond donors (Lipinski definition) is 1. The van der Waals surface area contributed by atoms with Gasteiger partial charge < -0.3 is 4.84 Å². The van der Waals surface area contributed by atoms with Gasteiger partial charge in [0.2, 0.25) is 0 Å². The van der Waals surface area contributed by atoms with Crippen molar-refractivity contribution >= 4 is 9.84 Å². The van der Waals surface area contributed by atoms with Crippen LogP contribution in [0.4, 0.5) is 0 Å². The summed E-state index contributed by atoms with van der Waals surface area (Å²) in [5.74, 6) is 0.466. The van der Waals surface area contributed by atoms with Crippen LogP contribution < -0.4 is 5.48 Å². The van der Waals surface area contributed by atoms with Gasteiger partial charge in [-0.1, -0.05) is 0 Å². The third-order valence-electron chi connectivity index (χ3n) is 3.42. The number of aryl methyl sites for hydroxylation is 1. The van der Waals surface area contributed by atoms with Crippen LogP contribution in [-0.2, 0) is 21.2 Å². The van der Waals surface area contributed by atoms with Crippen LogP contribution in [0.25, 0.3) is 0 Å². The second-order valence-corrected chi connectivity index (χ2v) is 6.90. The summed E-state index contributed by atoms with van der Waals surface area (Å²) in [5, 5.41) is 4.47. The fourth-order valence-corrected chi connectivity index (χ4v) is 4.11. The van der Waals surface area contributed by atoms with Gasteiger partial charge in [0.25, 0.3) is 0 Å². The van der Waals surface area contributed by atoms with Crippen LogP contribution in [0.1, 0.15) is 29.4 Å². The normalized spacial score (nSPS) is 22.5. The number of aromatic nitrogens is 2. The van der Waals surface area contributed by atoms with Crippen LogP contribution in [0.2, 0.25) is 0 Å². The molecule has 18 heavy (non-hydrogen) atoms. The third-order valence-corrected chi connectivity index (χ3v) is 5.17. The highest BCUT2D eigenvalue weighted by molar-refractivity contribution is 7.91. The molecule has 6 nitrogen and oxygen atoms in total. The highest BCUT2D eigenvalue weighted by Crippen LogP contribution is 2.26. The molecule has 1 aliphatic rings. The van der Waals surface area contributed by atoms with Crippen molar-refractivity contribution in [2.24, 2.45) is 0 Å². The van der Waals surface area contributed by atoms with Gasteiger partial charge in [-0.2, -0.15) is 10.6 Å². The number of rotatable bonds is 4. The molecule has 1 aromatic heterocycles. The Morgan fingerprint density at radius 2 is 2.22 bits per heavy atom. The predicted molar refractivity (Wildman–Crippen MR) is 67.9 cm³/mol. The number of nitrogens with zero attached hydrogens (tertiary/aromatic N) is 2. The minimum atomic E-state index is -2.88. The van der Waals surface area contributed by atoms with Gasteiger partial charge in [-0.3, -0.25) is 4.68 Å². The summed E-state index contributed by atoms with van der Waals surface area (Å²) < 4.78 is 24.9. The second kappa shape index (κ2) is 4.99. The van der Waals surface area contributed by atoms with Crippen LogP contribution in [0.3, 0.4) is 0 Å². The van der Waals surface area contributed by atoms with Gasteiger partial charge >= 0.3 is 0 Å². The maximum absolute atomic E-state index is 11.5. The quantitative estimate of drug-likeness (QED) is 0.809. The van der Waals surface area contributed by atoms with Gasteiger partial charge in [-0.05, 0) is 20.3 Å². The number of hydroxylamine groups is 1. The Labute approximate surface area is 107 Å². The van der Waals surface area contributed by atoms with E-state index in [4.69, 9.17) is 4.84 Å². The monoisotopic (exact) mass is 273 g/mol. The second-order valence-electron chi connectivity index (χ2n) is 4.68. The first-order valence-electron chi connectivity index (χ1n) is 5.95. The molecule has 0 aliphatic carbocycles. The molecule has 1 unspecified atom stereocenters. The lowest BCUT2D eigenvalue weighted by Crippen LogP contribution is -2.15. The molecule has 0 saturated carbocycles. The summed E-state index contributed by atoms with van der Waals surface area (Å²) in [7, 11) is -1.31. The van der Waals surface area contributed by atoms with Crippen LogP contribution in [0, 0.1) is 13.8 Å². The summed E-state index contributed by atoms with van der Waals surface area (Å²) >= 11 is 0. The molecular formula is C11H19N3O3S. The number of sulfone groups is 1. The van der Waals surface area contributed by atoms with Crippen molar-refractivity contribution in [3.05, 3.63) is 17.0 Å². The smallest absolute Gasteiger partial charge is 0.152 e. The maximum atomic E-state index is 11.5. The minimum absolute atomic E-state index is 0.0232. The fourth-order valence-electron chi connectivity index (χ4n) is 2.42. The molecule has 0 amide bonds. The van der Waals surface area contributed by atoms with E-state index in [1.165, 1.54) is 0 Å². The Kier molecular flexibility index (Phi) is 3.74. The van der Waals surface area contributed by atoms with Crippen molar-refractivity contribution in [2.75, 3.05) is 18.6 Å². The topological polar surface area (TPSA) is 73.2 Å². The molecule has 1 fully saturated rings. The first-order chi connectivity index (χ1) is 8.44. The van der Waals surface area contributed by atoms with Crippen LogP contribution in [-0.4, -0.2) is 36.8 Å². The molecule has 2 rings (SSSR count). The summed E-state index contributed by atoms with van der Waals surface area (Å²) in [5.41, 5.74) is 5.80. The molecule has 1 saturated heterocycles. The molecule has 0 aromatic carbocycles. The molecule has 7 heteroatoms. The number of nitrogens with one attached hydrogen (secondary N) is 1. The van der Waals surface area contributed by atoms with E-state index in [0.29, 0.717) is 13.0 Å². The van der Waals surface area contributed by atoms with E-state index >= 15 is 0 Å². The lowest BCUT2D eigenvalue weighted by molar-refractivity contribution is 0.0864. The lowest BCUT2D eigenvalue weighted by atomic mass is 10.2. The summed E-state index contributed by atoms with van der Waals surface area (Å²) in [6.45, 7) is 4.48. The summed E-state index contributed by atoms with van der Waals surface area (Å²) in [6, 6.07) is -0.0232. The number of hydrogen-bond acceptors (Lipinski definition) is 5. The van der Waals surface area contributed by atoms with E-state index in [1.54, 1.807) is 7.11 Å². The van der Waals surface area contributed by atoms with E-state index in [2.05, 4.69) is 10.6 Å². The maximum Gasteiger partial charge on any atom is 0.152 e. The van der Waals surface area contributed by atoms with Crippen LogP contribution in [0.5, 0.6) is 0 Å². The van der Waals surface area contributed by atoms with Crippen molar-refractivity contribution in [3.8, 4) is 0 Å². The van der Waals surface area contributed by atoms with Gasteiger partial charge in [-0.15, -0.1) is 0 Å². The molecule has 2 heterocycles. The van der Waals surface area contributed by atoms with Crippen molar-refractivity contribution in [1.82, 2.24) is 15.3 Å². The molecule has 0 radical (unpaired) electrons. The summed E-state index contributed by atoms with van der Waals surface area (Å²) in [4.78, 5) is 4.84. The molecular weight excluding hydrogens is 254 g/mol. The first kappa shape index (κ1) is 13.5. The Hall–Kier alpha value is -0.920. The van der Waals surface area contributed by atoms with E-state index in [-0.39, 0.29) is 17.5 Å². The van der Waals surface area contributed by atoms with Crippen LogP contribution in [0.15, 0.2) is 0 Å². The molecule has 1 aromatic rings. The van der Waals surface area contributed by atoms with Crippen molar-refractivity contribution in [3.63, 3.8) is 0 Å². The fraction of sp³-hybridized carbons (Fsp3) is 0.727. The largest absolute Gasteiger partial charge is 0.305 e. The zero-order chi connectivity index (χ0) is 13.3. The molecule has 1 N–H and O–H groups in total. The Bertz CT molecular complexity index is 536.